The number of hydrogen-bond donors (Lipinski definition) is 1. The summed E-state index contributed by atoms with van der Waals surface area (Å²) in [5.41, 5.74) is 0. The van der Waals surface area contributed by atoms with Gasteiger partial charge in [-0.05, 0) is 12.8 Å². The summed E-state index contributed by atoms with van der Waals surface area (Å²) in [6.07, 6.45) is 51.9. The number of aliphatic hydroxyl groups is 1. The first-order valence-electron chi connectivity index (χ1n) is 24.1. The van der Waals surface area contributed by atoms with E-state index in [2.05, 4.69) is 13.8 Å². The first-order chi connectivity index (χ1) is 26.1. The maximum atomic E-state index is 12.2. The summed E-state index contributed by atoms with van der Waals surface area (Å²) in [6.45, 7) is 4.19. The third kappa shape index (κ3) is 43.5. The van der Waals surface area contributed by atoms with Crippen LogP contribution in [0, 0.1) is 0 Å². The van der Waals surface area contributed by atoms with E-state index in [0.717, 1.165) is 32.1 Å². The van der Waals surface area contributed by atoms with Crippen LogP contribution in [-0.2, 0) is 19.1 Å². The monoisotopic (exact) mass is 751 g/mol. The van der Waals surface area contributed by atoms with Gasteiger partial charge in [0.05, 0.1) is 6.61 Å². The number of esters is 2. The zero-order chi connectivity index (χ0) is 38.6. The SMILES string of the molecule is CCCCCCCCCCCCCCCCCCCCCCCC(=O)O[C@@H](CO)COC(=O)CCCCCCCCCCCCCCCCCCCC. The maximum absolute atomic E-state index is 12.2. The fourth-order valence-electron chi connectivity index (χ4n) is 7.50. The Labute approximate surface area is 331 Å². The maximum Gasteiger partial charge on any atom is 0.306 e. The highest BCUT2D eigenvalue weighted by Gasteiger charge is 2.16. The van der Waals surface area contributed by atoms with Crippen LogP contribution in [0.25, 0.3) is 0 Å². The lowest BCUT2D eigenvalue weighted by atomic mass is 10.0. The molecule has 0 radical (unpaired) electrons. The number of aliphatic hydroxyl groups excluding tert-OH is 1. The molecule has 0 aliphatic rings. The Morgan fingerprint density at radius 1 is 0.358 bits per heavy atom. The van der Waals surface area contributed by atoms with Gasteiger partial charge in [0.15, 0.2) is 6.10 Å². The average Bonchev–Trinajstić information content (AvgIpc) is 3.16. The smallest absolute Gasteiger partial charge is 0.306 e. The van der Waals surface area contributed by atoms with Gasteiger partial charge in [0.1, 0.15) is 6.61 Å². The normalized spacial score (nSPS) is 12.0. The number of hydrogen-bond acceptors (Lipinski definition) is 5. The summed E-state index contributed by atoms with van der Waals surface area (Å²) in [7, 11) is 0. The van der Waals surface area contributed by atoms with Crippen LogP contribution in [-0.4, -0.2) is 36.4 Å². The van der Waals surface area contributed by atoms with E-state index < -0.39 is 6.10 Å². The highest BCUT2D eigenvalue weighted by Crippen LogP contribution is 2.17. The van der Waals surface area contributed by atoms with Gasteiger partial charge in [-0.15, -0.1) is 0 Å². The van der Waals surface area contributed by atoms with E-state index in [1.165, 1.54) is 218 Å². The molecule has 1 atom stereocenters. The molecule has 0 rings (SSSR count). The second-order valence-electron chi connectivity index (χ2n) is 16.6. The second kappa shape index (κ2) is 45.3. The molecule has 0 aromatic rings. The topological polar surface area (TPSA) is 72.8 Å². The van der Waals surface area contributed by atoms with Crippen LogP contribution < -0.4 is 0 Å². The summed E-state index contributed by atoms with van der Waals surface area (Å²) in [5.74, 6) is -0.568. The van der Waals surface area contributed by atoms with E-state index in [0.29, 0.717) is 12.8 Å². The van der Waals surface area contributed by atoms with Gasteiger partial charge >= 0.3 is 11.9 Å². The molecule has 0 aliphatic carbocycles. The lowest BCUT2D eigenvalue weighted by Gasteiger charge is -2.15. The molecule has 0 aromatic carbocycles. The van der Waals surface area contributed by atoms with Crippen molar-refractivity contribution in [3.8, 4) is 0 Å². The molecule has 5 heteroatoms. The first kappa shape index (κ1) is 51.9. The third-order valence-corrected chi connectivity index (χ3v) is 11.2. The van der Waals surface area contributed by atoms with Crippen LogP contribution in [0.5, 0.6) is 0 Å². The Morgan fingerprint density at radius 2 is 0.585 bits per heavy atom. The molecule has 1 N–H and O–H groups in total. The van der Waals surface area contributed by atoms with Crippen molar-refractivity contribution in [3.05, 3.63) is 0 Å². The Bertz CT molecular complexity index is 725. The van der Waals surface area contributed by atoms with Gasteiger partial charge in [-0.2, -0.15) is 0 Å². The molecule has 53 heavy (non-hydrogen) atoms. The fourth-order valence-corrected chi connectivity index (χ4v) is 7.50. The van der Waals surface area contributed by atoms with Crippen molar-refractivity contribution >= 4 is 11.9 Å². The molecule has 0 bridgehead atoms. The Balaban J connectivity index is 3.43. The lowest BCUT2D eigenvalue weighted by molar-refractivity contribution is -0.161. The standard InChI is InChI=1S/C48H94O5/c1-3-5-7-9-11-13-15-17-19-21-23-24-25-27-29-31-33-35-37-39-41-43-48(51)53-46(44-49)45-52-47(50)42-40-38-36-34-32-30-28-26-22-20-18-16-14-12-10-8-6-4-2/h46,49H,3-45H2,1-2H3/t46-/m0/s1. The Kier molecular flexibility index (Phi) is 44.4. The molecule has 0 aliphatic heterocycles. The zero-order valence-corrected chi connectivity index (χ0v) is 36.1. The quantitative estimate of drug-likeness (QED) is 0.0495. The van der Waals surface area contributed by atoms with E-state index in [4.69, 9.17) is 9.47 Å². The van der Waals surface area contributed by atoms with Crippen LogP contribution in [0.2, 0.25) is 0 Å². The van der Waals surface area contributed by atoms with E-state index >= 15 is 0 Å². The minimum Gasteiger partial charge on any atom is -0.462 e. The van der Waals surface area contributed by atoms with E-state index in [1.54, 1.807) is 0 Å². The van der Waals surface area contributed by atoms with E-state index in [-0.39, 0.29) is 25.2 Å². The Hall–Kier alpha value is -1.10. The predicted octanol–water partition coefficient (Wildman–Crippen LogP) is 15.5. The molecule has 0 saturated heterocycles. The van der Waals surface area contributed by atoms with Crippen molar-refractivity contribution < 1.29 is 24.2 Å². The minimum absolute atomic E-state index is 0.0561. The van der Waals surface area contributed by atoms with Crippen molar-refractivity contribution in [2.45, 2.75) is 283 Å². The lowest BCUT2D eigenvalue weighted by Crippen LogP contribution is -2.28. The van der Waals surface area contributed by atoms with Crippen molar-refractivity contribution in [2.75, 3.05) is 13.2 Å². The molecule has 0 unspecified atom stereocenters. The van der Waals surface area contributed by atoms with Gasteiger partial charge in [0.25, 0.3) is 0 Å². The highest BCUT2D eigenvalue weighted by molar-refractivity contribution is 5.70. The van der Waals surface area contributed by atoms with Crippen LogP contribution in [0.3, 0.4) is 0 Å². The fraction of sp³-hybridized carbons (Fsp3) is 0.958. The number of unbranched alkanes of at least 4 members (excludes halogenated alkanes) is 37. The Morgan fingerprint density at radius 3 is 0.830 bits per heavy atom. The summed E-state index contributed by atoms with van der Waals surface area (Å²) in [5, 5.41) is 9.60. The summed E-state index contributed by atoms with van der Waals surface area (Å²) in [6, 6.07) is 0. The molecule has 0 fully saturated rings. The van der Waals surface area contributed by atoms with Crippen LogP contribution in [0.4, 0.5) is 0 Å². The van der Waals surface area contributed by atoms with Gasteiger partial charge < -0.3 is 14.6 Å². The summed E-state index contributed by atoms with van der Waals surface area (Å²) < 4.78 is 10.7. The van der Waals surface area contributed by atoms with Crippen molar-refractivity contribution in [3.63, 3.8) is 0 Å². The largest absolute Gasteiger partial charge is 0.462 e. The molecular weight excluding hydrogens is 657 g/mol. The minimum atomic E-state index is -0.762. The van der Waals surface area contributed by atoms with Crippen molar-refractivity contribution in [1.29, 1.82) is 0 Å². The molecule has 316 valence electrons. The van der Waals surface area contributed by atoms with E-state index in [1.807, 2.05) is 0 Å². The summed E-state index contributed by atoms with van der Waals surface area (Å²) >= 11 is 0. The number of carbonyl (C=O) groups is 2. The number of carbonyl (C=O) groups excluding carboxylic acids is 2. The van der Waals surface area contributed by atoms with E-state index in [9.17, 15) is 14.7 Å². The van der Waals surface area contributed by atoms with Crippen molar-refractivity contribution in [1.82, 2.24) is 0 Å². The number of ether oxygens (including phenoxy) is 2. The van der Waals surface area contributed by atoms with Crippen LogP contribution >= 0.6 is 0 Å². The van der Waals surface area contributed by atoms with Crippen LogP contribution in [0.15, 0.2) is 0 Å². The van der Waals surface area contributed by atoms with Gasteiger partial charge in [-0.3, -0.25) is 9.59 Å². The van der Waals surface area contributed by atoms with Gasteiger partial charge in [-0.25, -0.2) is 0 Å². The van der Waals surface area contributed by atoms with Gasteiger partial charge in [0, 0.05) is 12.8 Å². The second-order valence-corrected chi connectivity index (χ2v) is 16.6. The first-order valence-corrected chi connectivity index (χ1v) is 24.1. The molecule has 0 saturated carbocycles. The third-order valence-electron chi connectivity index (χ3n) is 11.2. The van der Waals surface area contributed by atoms with Gasteiger partial charge in [0.2, 0.25) is 0 Å². The van der Waals surface area contributed by atoms with Crippen molar-refractivity contribution in [2.24, 2.45) is 0 Å². The molecule has 0 heterocycles. The molecule has 0 spiro atoms. The summed E-state index contributed by atoms with van der Waals surface area (Å²) in [4.78, 5) is 24.4. The molecule has 0 amide bonds. The molecule has 0 aromatic heterocycles. The van der Waals surface area contributed by atoms with Crippen LogP contribution in [0.1, 0.15) is 277 Å². The zero-order valence-electron chi connectivity index (χ0n) is 36.1. The predicted molar refractivity (Wildman–Crippen MR) is 229 cm³/mol. The molecule has 5 nitrogen and oxygen atoms in total. The average molecular weight is 751 g/mol. The van der Waals surface area contributed by atoms with Gasteiger partial charge in [-0.1, -0.05) is 251 Å². The highest BCUT2D eigenvalue weighted by atomic mass is 16.6. The number of rotatable bonds is 45. The molecular formula is C48H94O5.